The molecule has 1 aliphatic carbocycles. The van der Waals surface area contributed by atoms with Crippen molar-refractivity contribution in [1.82, 2.24) is 0 Å². The molecule has 96 valence electrons. The quantitative estimate of drug-likeness (QED) is 0.878. The summed E-state index contributed by atoms with van der Waals surface area (Å²) in [7, 11) is 0. The summed E-state index contributed by atoms with van der Waals surface area (Å²) in [6.45, 7) is 5.05. The first-order valence-electron chi connectivity index (χ1n) is 6.13. The van der Waals surface area contributed by atoms with E-state index in [1.165, 1.54) is 24.0 Å². The van der Waals surface area contributed by atoms with E-state index in [9.17, 15) is 0 Å². The van der Waals surface area contributed by atoms with Crippen LogP contribution < -0.4 is 10.5 Å². The van der Waals surface area contributed by atoms with Gasteiger partial charge in [0.1, 0.15) is 5.75 Å². The first-order chi connectivity index (χ1) is 7.65. The first-order valence-corrected chi connectivity index (χ1v) is 6.13. The topological polar surface area (TPSA) is 35.2 Å². The zero-order valence-electron chi connectivity index (χ0n) is 10.6. The third kappa shape index (κ3) is 4.57. The van der Waals surface area contributed by atoms with E-state index in [0.717, 1.165) is 24.7 Å². The summed E-state index contributed by atoms with van der Waals surface area (Å²) >= 11 is 0. The predicted octanol–water partition coefficient (Wildman–Crippen LogP) is 3.10. The third-order valence-corrected chi connectivity index (χ3v) is 3.04. The highest BCUT2D eigenvalue weighted by Crippen LogP contribution is 2.29. The molecule has 1 saturated carbocycles. The second-order valence-electron chi connectivity index (χ2n) is 5.02. The number of hydrogen-bond donors (Lipinski definition) is 1. The number of hydrogen-bond acceptors (Lipinski definition) is 2. The molecule has 0 heterocycles. The molecule has 1 unspecified atom stereocenters. The van der Waals surface area contributed by atoms with Gasteiger partial charge in [-0.15, -0.1) is 12.4 Å². The fourth-order valence-electron chi connectivity index (χ4n) is 1.83. The second-order valence-corrected chi connectivity index (χ2v) is 5.02. The average Bonchev–Trinajstić information content (AvgIpc) is 3.02. The minimum absolute atomic E-state index is 0. The van der Waals surface area contributed by atoms with Crippen LogP contribution >= 0.6 is 12.4 Å². The SMILES string of the molecule is Cc1cc(OCC2CC2)ccc1CC(C)N.Cl. The molecule has 2 nitrogen and oxygen atoms in total. The van der Waals surface area contributed by atoms with Gasteiger partial charge in [-0.25, -0.2) is 0 Å². The van der Waals surface area contributed by atoms with E-state index in [-0.39, 0.29) is 18.4 Å². The molecule has 2 N–H and O–H groups in total. The molecule has 0 bridgehead atoms. The molecule has 17 heavy (non-hydrogen) atoms. The maximum absolute atomic E-state index is 5.81. The lowest BCUT2D eigenvalue weighted by atomic mass is 10.0. The highest BCUT2D eigenvalue weighted by molar-refractivity contribution is 5.85. The zero-order valence-corrected chi connectivity index (χ0v) is 11.4. The Morgan fingerprint density at radius 1 is 1.41 bits per heavy atom. The molecule has 1 aromatic carbocycles. The van der Waals surface area contributed by atoms with Crippen molar-refractivity contribution in [2.75, 3.05) is 6.61 Å². The van der Waals surface area contributed by atoms with Gasteiger partial charge in [-0.1, -0.05) is 6.07 Å². The number of halogens is 1. The first kappa shape index (κ1) is 14.3. The molecule has 0 amide bonds. The van der Waals surface area contributed by atoms with Gasteiger partial charge in [-0.05, 0) is 62.3 Å². The molecule has 0 spiro atoms. The minimum atomic E-state index is 0. The van der Waals surface area contributed by atoms with Crippen LogP contribution in [-0.2, 0) is 6.42 Å². The molecule has 1 aromatic rings. The van der Waals surface area contributed by atoms with Crippen LogP contribution in [-0.4, -0.2) is 12.6 Å². The molecule has 0 aliphatic heterocycles. The summed E-state index contributed by atoms with van der Waals surface area (Å²) < 4.78 is 5.74. The highest BCUT2D eigenvalue weighted by atomic mass is 35.5. The fraction of sp³-hybridized carbons (Fsp3) is 0.571. The zero-order chi connectivity index (χ0) is 11.5. The van der Waals surface area contributed by atoms with E-state index < -0.39 is 0 Å². The molecule has 1 aliphatic rings. The van der Waals surface area contributed by atoms with Crippen molar-refractivity contribution in [2.24, 2.45) is 11.7 Å². The Kier molecular flexibility index (Phi) is 5.29. The van der Waals surface area contributed by atoms with Gasteiger partial charge < -0.3 is 10.5 Å². The highest BCUT2D eigenvalue weighted by Gasteiger charge is 2.21. The van der Waals surface area contributed by atoms with Crippen molar-refractivity contribution in [3.05, 3.63) is 29.3 Å². The van der Waals surface area contributed by atoms with Gasteiger partial charge in [0, 0.05) is 6.04 Å². The van der Waals surface area contributed by atoms with E-state index in [2.05, 4.69) is 25.1 Å². The van der Waals surface area contributed by atoms with Gasteiger partial charge in [-0.2, -0.15) is 0 Å². The van der Waals surface area contributed by atoms with Gasteiger partial charge >= 0.3 is 0 Å². The molecule has 2 rings (SSSR count). The molecule has 1 atom stereocenters. The molecule has 0 saturated heterocycles. The average molecular weight is 256 g/mol. The Morgan fingerprint density at radius 2 is 2.12 bits per heavy atom. The molecule has 1 fully saturated rings. The van der Waals surface area contributed by atoms with Crippen molar-refractivity contribution >= 4 is 12.4 Å². The van der Waals surface area contributed by atoms with Gasteiger partial charge in [0.25, 0.3) is 0 Å². The van der Waals surface area contributed by atoms with E-state index in [4.69, 9.17) is 10.5 Å². The van der Waals surface area contributed by atoms with Crippen LogP contribution in [0.3, 0.4) is 0 Å². The van der Waals surface area contributed by atoms with Crippen LogP contribution in [0.15, 0.2) is 18.2 Å². The molecule has 0 aromatic heterocycles. The Balaban J connectivity index is 0.00000144. The van der Waals surface area contributed by atoms with Gasteiger partial charge in [0.15, 0.2) is 0 Å². The molecule has 3 heteroatoms. The largest absolute Gasteiger partial charge is 0.493 e. The van der Waals surface area contributed by atoms with Crippen LogP contribution in [0.5, 0.6) is 5.75 Å². The van der Waals surface area contributed by atoms with Crippen molar-refractivity contribution in [2.45, 2.75) is 39.2 Å². The van der Waals surface area contributed by atoms with Crippen molar-refractivity contribution in [1.29, 1.82) is 0 Å². The standard InChI is InChI=1S/C14H21NO.ClH/c1-10-7-14(16-9-12-3-4-12)6-5-13(10)8-11(2)15;/h5-7,11-12H,3-4,8-9,15H2,1-2H3;1H. The maximum atomic E-state index is 5.81. The summed E-state index contributed by atoms with van der Waals surface area (Å²) in [5.74, 6) is 1.81. The number of ether oxygens (including phenoxy) is 1. The van der Waals surface area contributed by atoms with Crippen LogP contribution in [0, 0.1) is 12.8 Å². The van der Waals surface area contributed by atoms with Crippen molar-refractivity contribution in [3.63, 3.8) is 0 Å². The Hall–Kier alpha value is -0.730. The van der Waals surface area contributed by atoms with Crippen LogP contribution in [0.4, 0.5) is 0 Å². The van der Waals surface area contributed by atoms with Crippen molar-refractivity contribution < 1.29 is 4.74 Å². The fourth-order valence-corrected chi connectivity index (χ4v) is 1.83. The monoisotopic (exact) mass is 255 g/mol. The summed E-state index contributed by atoms with van der Waals surface area (Å²) in [6, 6.07) is 6.55. The Morgan fingerprint density at radius 3 is 2.65 bits per heavy atom. The van der Waals surface area contributed by atoms with Gasteiger partial charge in [-0.3, -0.25) is 0 Å². The van der Waals surface area contributed by atoms with E-state index in [0.29, 0.717) is 0 Å². The Labute approximate surface area is 110 Å². The normalized spacial score (nSPS) is 16.2. The van der Waals surface area contributed by atoms with Gasteiger partial charge in [0.2, 0.25) is 0 Å². The van der Waals surface area contributed by atoms with E-state index in [1.54, 1.807) is 0 Å². The lowest BCUT2D eigenvalue weighted by molar-refractivity contribution is 0.299. The lowest BCUT2D eigenvalue weighted by Crippen LogP contribution is -2.18. The third-order valence-electron chi connectivity index (χ3n) is 3.04. The van der Waals surface area contributed by atoms with E-state index in [1.807, 2.05) is 6.92 Å². The smallest absolute Gasteiger partial charge is 0.119 e. The maximum Gasteiger partial charge on any atom is 0.119 e. The van der Waals surface area contributed by atoms with Crippen LogP contribution in [0.25, 0.3) is 0 Å². The summed E-state index contributed by atoms with van der Waals surface area (Å²) in [4.78, 5) is 0. The van der Waals surface area contributed by atoms with Gasteiger partial charge in [0.05, 0.1) is 6.61 Å². The van der Waals surface area contributed by atoms with Crippen molar-refractivity contribution in [3.8, 4) is 5.75 Å². The number of benzene rings is 1. The predicted molar refractivity (Wildman–Crippen MR) is 74.0 cm³/mol. The number of aryl methyl sites for hydroxylation is 1. The number of nitrogens with two attached hydrogens (primary N) is 1. The molecule has 0 radical (unpaired) electrons. The van der Waals surface area contributed by atoms with Crippen LogP contribution in [0.2, 0.25) is 0 Å². The summed E-state index contributed by atoms with van der Waals surface area (Å²) in [5.41, 5.74) is 8.42. The minimum Gasteiger partial charge on any atom is -0.493 e. The lowest BCUT2D eigenvalue weighted by Gasteiger charge is -2.11. The second kappa shape index (κ2) is 6.27. The Bertz CT molecular complexity index is 361. The number of rotatable bonds is 5. The summed E-state index contributed by atoms with van der Waals surface area (Å²) in [6.07, 6.45) is 3.61. The van der Waals surface area contributed by atoms with Crippen LogP contribution in [0.1, 0.15) is 30.9 Å². The molecular formula is C14H22ClNO. The van der Waals surface area contributed by atoms with E-state index >= 15 is 0 Å². The molecular weight excluding hydrogens is 234 g/mol. The summed E-state index contributed by atoms with van der Waals surface area (Å²) in [5, 5.41) is 0.